The van der Waals surface area contributed by atoms with Crippen LogP contribution in [0.2, 0.25) is 0 Å². The van der Waals surface area contributed by atoms with Gasteiger partial charge in [0.2, 0.25) is 0 Å². The SMILES string of the molecule is C1CNc2nn3c(c2C1)NCCC3. The average Bonchev–Trinajstić information content (AvgIpc) is 2.56. The third kappa shape index (κ3) is 1.01. The highest BCUT2D eigenvalue weighted by Gasteiger charge is 2.21. The minimum atomic E-state index is 1.07. The van der Waals surface area contributed by atoms with Crippen molar-refractivity contribution >= 4 is 11.6 Å². The van der Waals surface area contributed by atoms with Crippen LogP contribution in [0.3, 0.4) is 0 Å². The Balaban J connectivity index is 2.09. The molecule has 2 N–H and O–H groups in total. The van der Waals surface area contributed by atoms with Crippen molar-refractivity contribution in [1.82, 2.24) is 9.78 Å². The van der Waals surface area contributed by atoms with Gasteiger partial charge in [0.25, 0.3) is 0 Å². The van der Waals surface area contributed by atoms with Crippen LogP contribution in [-0.4, -0.2) is 22.9 Å². The Bertz CT molecular complexity index is 298. The molecule has 0 unspecified atom stereocenters. The molecule has 0 saturated carbocycles. The van der Waals surface area contributed by atoms with Gasteiger partial charge in [-0.05, 0) is 19.3 Å². The molecule has 0 amide bonds. The van der Waals surface area contributed by atoms with E-state index in [2.05, 4.69) is 20.4 Å². The second-order valence-electron chi connectivity index (χ2n) is 3.71. The highest BCUT2D eigenvalue weighted by molar-refractivity contribution is 5.61. The van der Waals surface area contributed by atoms with Crippen LogP contribution in [0.15, 0.2) is 0 Å². The predicted molar refractivity (Wildman–Crippen MR) is 52.1 cm³/mol. The van der Waals surface area contributed by atoms with E-state index in [1.165, 1.54) is 30.6 Å². The molecule has 0 fully saturated rings. The Labute approximate surface area is 77.3 Å². The largest absolute Gasteiger partial charge is 0.370 e. The van der Waals surface area contributed by atoms with Gasteiger partial charge in [0.15, 0.2) is 5.82 Å². The second kappa shape index (κ2) is 2.65. The predicted octanol–water partition coefficient (Wildman–Crippen LogP) is 1.06. The topological polar surface area (TPSA) is 41.9 Å². The lowest BCUT2D eigenvalue weighted by Crippen LogP contribution is -2.18. The molecular weight excluding hydrogens is 164 g/mol. The summed E-state index contributed by atoms with van der Waals surface area (Å²) in [7, 11) is 0. The quantitative estimate of drug-likeness (QED) is 0.624. The maximum Gasteiger partial charge on any atom is 0.153 e. The Morgan fingerprint density at radius 3 is 3.08 bits per heavy atom. The summed E-state index contributed by atoms with van der Waals surface area (Å²) in [6.45, 7) is 3.23. The molecule has 2 aliphatic heterocycles. The average molecular weight is 178 g/mol. The van der Waals surface area contributed by atoms with E-state index < -0.39 is 0 Å². The zero-order valence-electron chi connectivity index (χ0n) is 7.64. The minimum absolute atomic E-state index is 1.07. The summed E-state index contributed by atoms with van der Waals surface area (Å²) in [6, 6.07) is 0. The number of hydrogen-bond acceptors (Lipinski definition) is 3. The first-order valence-corrected chi connectivity index (χ1v) is 5.02. The minimum Gasteiger partial charge on any atom is -0.370 e. The van der Waals surface area contributed by atoms with E-state index in [-0.39, 0.29) is 0 Å². The summed E-state index contributed by atoms with van der Waals surface area (Å²) < 4.78 is 2.10. The number of aromatic nitrogens is 2. The number of nitrogens with one attached hydrogen (secondary N) is 2. The molecule has 3 heterocycles. The van der Waals surface area contributed by atoms with Crippen molar-refractivity contribution in [2.45, 2.75) is 25.8 Å². The molecule has 0 bridgehead atoms. The molecule has 0 saturated heterocycles. The third-order valence-electron chi connectivity index (χ3n) is 2.79. The lowest BCUT2D eigenvalue weighted by molar-refractivity contribution is 0.568. The fourth-order valence-corrected chi connectivity index (χ4v) is 2.15. The van der Waals surface area contributed by atoms with E-state index in [0.29, 0.717) is 0 Å². The summed E-state index contributed by atoms with van der Waals surface area (Å²) >= 11 is 0. The first-order valence-electron chi connectivity index (χ1n) is 5.02. The highest BCUT2D eigenvalue weighted by atomic mass is 15.4. The summed E-state index contributed by atoms with van der Waals surface area (Å²) in [5, 5.41) is 11.3. The van der Waals surface area contributed by atoms with Gasteiger partial charge in [0, 0.05) is 25.2 Å². The smallest absolute Gasteiger partial charge is 0.153 e. The van der Waals surface area contributed by atoms with Crippen LogP contribution in [0, 0.1) is 0 Å². The zero-order valence-corrected chi connectivity index (χ0v) is 7.64. The third-order valence-corrected chi connectivity index (χ3v) is 2.79. The van der Waals surface area contributed by atoms with Crippen LogP contribution < -0.4 is 10.6 Å². The number of aryl methyl sites for hydroxylation is 1. The van der Waals surface area contributed by atoms with Crippen LogP contribution in [0.25, 0.3) is 0 Å². The Kier molecular flexibility index (Phi) is 1.48. The molecule has 0 atom stereocenters. The highest BCUT2D eigenvalue weighted by Crippen LogP contribution is 2.30. The Hall–Kier alpha value is -1.19. The van der Waals surface area contributed by atoms with E-state index in [9.17, 15) is 0 Å². The van der Waals surface area contributed by atoms with Gasteiger partial charge < -0.3 is 10.6 Å². The van der Waals surface area contributed by atoms with Gasteiger partial charge in [-0.3, -0.25) is 0 Å². The van der Waals surface area contributed by atoms with Crippen LogP contribution in [0.5, 0.6) is 0 Å². The van der Waals surface area contributed by atoms with Crippen molar-refractivity contribution in [3.05, 3.63) is 5.56 Å². The van der Waals surface area contributed by atoms with Gasteiger partial charge in [-0.2, -0.15) is 5.10 Å². The number of anilines is 2. The van der Waals surface area contributed by atoms with E-state index >= 15 is 0 Å². The van der Waals surface area contributed by atoms with Crippen LogP contribution in [0.4, 0.5) is 11.6 Å². The molecule has 4 heteroatoms. The van der Waals surface area contributed by atoms with Crippen LogP contribution >= 0.6 is 0 Å². The molecule has 2 aliphatic rings. The summed E-state index contributed by atoms with van der Waals surface area (Å²) in [4.78, 5) is 0. The van der Waals surface area contributed by atoms with Gasteiger partial charge in [0.05, 0.1) is 0 Å². The number of fused-ring (bicyclic) bond motifs is 3. The molecule has 0 aromatic carbocycles. The number of rotatable bonds is 0. The lowest BCUT2D eigenvalue weighted by atomic mass is 10.1. The van der Waals surface area contributed by atoms with Gasteiger partial charge in [-0.25, -0.2) is 4.68 Å². The number of nitrogens with zero attached hydrogens (tertiary/aromatic N) is 2. The van der Waals surface area contributed by atoms with Crippen LogP contribution in [0.1, 0.15) is 18.4 Å². The molecule has 70 valence electrons. The van der Waals surface area contributed by atoms with Gasteiger partial charge in [0.1, 0.15) is 5.82 Å². The van der Waals surface area contributed by atoms with Gasteiger partial charge in [-0.1, -0.05) is 0 Å². The van der Waals surface area contributed by atoms with E-state index in [1.54, 1.807) is 0 Å². The summed E-state index contributed by atoms with van der Waals surface area (Å²) in [5.41, 5.74) is 1.39. The monoisotopic (exact) mass is 178 g/mol. The standard InChI is InChI=1S/C9H14N4/c1-3-7-8(10-4-1)12-13-6-2-5-11-9(7)13/h11H,1-6H2,(H,10,12). The maximum atomic E-state index is 4.53. The molecule has 0 aliphatic carbocycles. The zero-order chi connectivity index (χ0) is 8.67. The summed E-state index contributed by atoms with van der Waals surface area (Å²) in [5.74, 6) is 2.36. The Morgan fingerprint density at radius 2 is 2.08 bits per heavy atom. The van der Waals surface area contributed by atoms with E-state index in [4.69, 9.17) is 0 Å². The molecule has 0 spiro atoms. The fraction of sp³-hybridized carbons (Fsp3) is 0.667. The van der Waals surface area contributed by atoms with E-state index in [0.717, 1.165) is 25.5 Å². The maximum absolute atomic E-state index is 4.53. The van der Waals surface area contributed by atoms with Crippen molar-refractivity contribution in [3.63, 3.8) is 0 Å². The van der Waals surface area contributed by atoms with Crippen LogP contribution in [-0.2, 0) is 13.0 Å². The first kappa shape index (κ1) is 7.24. The first-order chi connectivity index (χ1) is 6.45. The van der Waals surface area contributed by atoms with Gasteiger partial charge in [-0.15, -0.1) is 0 Å². The summed E-state index contributed by atoms with van der Waals surface area (Å²) in [6.07, 6.45) is 3.59. The van der Waals surface area contributed by atoms with Crippen molar-refractivity contribution in [1.29, 1.82) is 0 Å². The molecule has 3 rings (SSSR count). The second-order valence-corrected chi connectivity index (χ2v) is 3.71. The number of hydrogen-bond donors (Lipinski definition) is 2. The molecule has 1 aromatic heterocycles. The van der Waals surface area contributed by atoms with Crippen molar-refractivity contribution in [3.8, 4) is 0 Å². The molecule has 0 radical (unpaired) electrons. The molecule has 4 nitrogen and oxygen atoms in total. The van der Waals surface area contributed by atoms with E-state index in [1.807, 2.05) is 0 Å². The molecule has 1 aromatic rings. The lowest BCUT2D eigenvalue weighted by Gasteiger charge is -2.17. The van der Waals surface area contributed by atoms with Crippen molar-refractivity contribution in [2.75, 3.05) is 23.7 Å². The molecule has 13 heavy (non-hydrogen) atoms. The molecular formula is C9H14N4. The van der Waals surface area contributed by atoms with Crippen molar-refractivity contribution < 1.29 is 0 Å². The van der Waals surface area contributed by atoms with Gasteiger partial charge >= 0.3 is 0 Å². The fourth-order valence-electron chi connectivity index (χ4n) is 2.15. The normalized spacial score (nSPS) is 19.7. The Morgan fingerprint density at radius 1 is 1.15 bits per heavy atom. The van der Waals surface area contributed by atoms with Crippen molar-refractivity contribution in [2.24, 2.45) is 0 Å².